The number of ether oxygens (including phenoxy) is 10. The molecule has 5 aromatic rings. The zero-order valence-electron chi connectivity index (χ0n) is 36.0. The van der Waals surface area contributed by atoms with Gasteiger partial charge in [0.2, 0.25) is 4.38 Å². The lowest BCUT2D eigenvalue weighted by Gasteiger charge is -2.51. The van der Waals surface area contributed by atoms with Crippen LogP contribution in [0, 0.1) is 0 Å². The van der Waals surface area contributed by atoms with E-state index < -0.39 is 66.8 Å². The van der Waals surface area contributed by atoms with Crippen LogP contribution in [0.2, 0.25) is 0 Å². The summed E-state index contributed by atoms with van der Waals surface area (Å²) >= 11 is 6.72. The summed E-state index contributed by atoms with van der Waals surface area (Å²) in [6, 6.07) is 48.3. The molecule has 0 saturated carbocycles. The summed E-state index contributed by atoms with van der Waals surface area (Å²) in [7, 11) is 0. The topological polar surface area (TPSA) is 141 Å². The van der Waals surface area contributed by atoms with Gasteiger partial charge in [-0.05, 0) is 58.7 Å². The van der Waals surface area contributed by atoms with Crippen LogP contribution >= 0.6 is 24.0 Å². The normalized spacial score (nSPS) is 27.5. The molecule has 0 bridgehead atoms. The van der Waals surface area contributed by atoms with Crippen LogP contribution in [0.3, 0.4) is 0 Å². The maximum absolute atomic E-state index is 10.1. The fourth-order valence-corrected chi connectivity index (χ4v) is 9.36. The summed E-state index contributed by atoms with van der Waals surface area (Å²) in [5.41, 5.74) is 14.0. The second-order valence-corrected chi connectivity index (χ2v) is 17.3. The number of thiocarbonyl (C=S) groups is 1. The van der Waals surface area contributed by atoms with Crippen LogP contribution in [0.15, 0.2) is 157 Å². The number of azide groups is 1. The molecule has 0 aromatic heterocycles. The van der Waals surface area contributed by atoms with Crippen molar-refractivity contribution in [2.75, 3.05) is 19.8 Å². The summed E-state index contributed by atoms with van der Waals surface area (Å²) in [6.45, 7) is 3.50. The Morgan fingerprint density at radius 1 is 0.662 bits per heavy atom. The van der Waals surface area contributed by atoms with Crippen molar-refractivity contribution in [3.05, 3.63) is 190 Å². The lowest BCUT2D eigenvalue weighted by molar-refractivity contribution is -0.366. The molecule has 0 amide bonds. The third-order valence-corrected chi connectivity index (χ3v) is 12.5. The Morgan fingerprint density at radius 3 is 1.74 bits per heavy atom. The fourth-order valence-electron chi connectivity index (χ4n) is 8.03. The quantitative estimate of drug-likeness (QED) is 0.0337. The average molecular weight is 920 g/mol. The van der Waals surface area contributed by atoms with Gasteiger partial charge in [-0.1, -0.05) is 157 Å². The van der Waals surface area contributed by atoms with Crippen molar-refractivity contribution in [2.45, 2.75) is 100 Å². The third kappa shape index (κ3) is 12.8. The maximum Gasteiger partial charge on any atom is 0.222 e. The first-order chi connectivity index (χ1) is 32.1. The zero-order valence-corrected chi connectivity index (χ0v) is 37.6. The molecule has 0 spiro atoms. The number of benzene rings is 5. The number of hydrogen-bond acceptors (Lipinski definition) is 13. The van der Waals surface area contributed by atoms with Gasteiger partial charge in [0, 0.05) is 10.5 Å². The van der Waals surface area contributed by atoms with Crippen LogP contribution in [-0.2, 0) is 73.8 Å². The molecule has 0 aliphatic carbocycles. The highest BCUT2D eigenvalue weighted by Crippen LogP contribution is 2.42. The Kier molecular flexibility index (Phi) is 17.4. The SMILES string of the molecule is CCOC(=S)S[C@@H]1O[C@@H]2CO[C@H](c3ccccc3)O[C@@H]2[C@H](O[C@H]2O[C@H](COCc3ccccc3)[C@H](OCc3ccccc3)[C@H](OCc3ccccc3)[C@H]2OCc2ccccc2)[C@H]1N=[N+]=[N-]. The van der Waals surface area contributed by atoms with Crippen LogP contribution < -0.4 is 0 Å². The summed E-state index contributed by atoms with van der Waals surface area (Å²) in [4.78, 5) is 3.29. The molecule has 65 heavy (non-hydrogen) atoms. The molecule has 0 unspecified atom stereocenters. The van der Waals surface area contributed by atoms with Crippen molar-refractivity contribution in [1.29, 1.82) is 0 Å². The second kappa shape index (κ2) is 24.2. The van der Waals surface area contributed by atoms with Gasteiger partial charge in [0.25, 0.3) is 0 Å². The highest BCUT2D eigenvalue weighted by Gasteiger charge is 2.55. The number of thioether (sulfide) groups is 1. The van der Waals surface area contributed by atoms with Gasteiger partial charge in [-0.3, -0.25) is 0 Å². The van der Waals surface area contributed by atoms with Gasteiger partial charge in [0.15, 0.2) is 12.6 Å². The molecule has 3 saturated heterocycles. The molecule has 0 N–H and O–H groups in total. The Morgan fingerprint density at radius 2 is 1.18 bits per heavy atom. The molecule has 5 aromatic carbocycles. The molecular weight excluding hydrogens is 867 g/mol. The van der Waals surface area contributed by atoms with E-state index in [0.29, 0.717) is 13.2 Å². The lowest BCUT2D eigenvalue weighted by atomic mass is 9.95. The third-order valence-electron chi connectivity index (χ3n) is 11.2. The fraction of sp³-hybridized carbons (Fsp3) is 0.380. The molecule has 340 valence electrons. The lowest BCUT2D eigenvalue weighted by Crippen LogP contribution is -2.66. The Bertz CT molecular complexity index is 2230. The van der Waals surface area contributed by atoms with Gasteiger partial charge in [0.05, 0.1) is 46.2 Å². The van der Waals surface area contributed by atoms with Gasteiger partial charge in [-0.15, -0.1) is 0 Å². The summed E-state index contributed by atoms with van der Waals surface area (Å²) in [6.07, 6.45) is -7.46. The van der Waals surface area contributed by atoms with Gasteiger partial charge in [-0.2, -0.15) is 0 Å². The van der Waals surface area contributed by atoms with Crippen molar-refractivity contribution in [3.63, 3.8) is 0 Å². The van der Waals surface area contributed by atoms with E-state index in [-0.39, 0.29) is 37.4 Å². The maximum atomic E-state index is 10.1. The number of hydrogen-bond donors (Lipinski definition) is 0. The first-order valence-corrected chi connectivity index (χ1v) is 23.1. The van der Waals surface area contributed by atoms with Crippen molar-refractivity contribution >= 4 is 28.4 Å². The Hall–Kier alpha value is -4.71. The number of fused-ring (bicyclic) bond motifs is 1. The van der Waals surface area contributed by atoms with Crippen molar-refractivity contribution in [1.82, 2.24) is 0 Å². The van der Waals surface area contributed by atoms with E-state index in [2.05, 4.69) is 10.0 Å². The van der Waals surface area contributed by atoms with E-state index in [9.17, 15) is 5.53 Å². The Balaban J connectivity index is 1.18. The largest absolute Gasteiger partial charge is 0.479 e. The van der Waals surface area contributed by atoms with Crippen molar-refractivity contribution < 1.29 is 47.4 Å². The second-order valence-electron chi connectivity index (χ2n) is 15.6. The minimum atomic E-state index is -1.15. The van der Waals surface area contributed by atoms with Gasteiger partial charge >= 0.3 is 0 Å². The molecule has 15 heteroatoms. The predicted molar refractivity (Wildman–Crippen MR) is 248 cm³/mol. The molecule has 11 atom stereocenters. The van der Waals surface area contributed by atoms with Crippen molar-refractivity contribution in [3.8, 4) is 0 Å². The molecule has 0 radical (unpaired) electrons. The van der Waals surface area contributed by atoms with E-state index >= 15 is 0 Å². The number of rotatable bonds is 19. The molecule has 3 aliphatic heterocycles. The molecule has 8 rings (SSSR count). The van der Waals surface area contributed by atoms with E-state index in [1.807, 2.05) is 159 Å². The highest BCUT2D eigenvalue weighted by molar-refractivity contribution is 8.22. The predicted octanol–water partition coefficient (Wildman–Crippen LogP) is 9.64. The smallest absolute Gasteiger partial charge is 0.222 e. The minimum absolute atomic E-state index is 0.117. The monoisotopic (exact) mass is 919 g/mol. The van der Waals surface area contributed by atoms with Gasteiger partial charge < -0.3 is 47.4 Å². The first kappa shape index (κ1) is 46.8. The van der Waals surface area contributed by atoms with Crippen LogP contribution in [-0.4, -0.2) is 84.7 Å². The van der Waals surface area contributed by atoms with Crippen LogP contribution in [0.25, 0.3) is 10.4 Å². The van der Waals surface area contributed by atoms with E-state index in [4.69, 9.17) is 59.6 Å². The molecule has 13 nitrogen and oxygen atoms in total. The first-order valence-electron chi connectivity index (χ1n) is 21.8. The molecule has 3 fully saturated rings. The van der Waals surface area contributed by atoms with E-state index in [1.54, 1.807) is 0 Å². The van der Waals surface area contributed by atoms with E-state index in [0.717, 1.165) is 39.6 Å². The number of nitrogens with zero attached hydrogens (tertiary/aromatic N) is 3. The standard InChI is InChI=1S/C50H53N3O10S2/c1-2-55-50(64)65-49-41(52-53-51)44(43-40(61-49)33-59-47(62-43)38-26-16-7-17-27-38)63-48-46(58-31-37-24-14-6-15-25-37)45(57-30-36-22-12-5-13-23-36)42(56-29-35-20-10-4-11-21-35)39(60-48)32-54-28-34-18-8-3-9-19-34/h3-27,39-49H,2,28-33H2,1H3/t39-,40-,41-,42+,43+,44-,45+,46-,47+,48-,49+/m1/s1. The summed E-state index contributed by atoms with van der Waals surface area (Å²) < 4.78 is 67.1. The summed E-state index contributed by atoms with van der Waals surface area (Å²) in [5, 5.41) is 4.30. The molecular formula is C50H53N3O10S2. The van der Waals surface area contributed by atoms with Crippen LogP contribution in [0.4, 0.5) is 0 Å². The minimum Gasteiger partial charge on any atom is -0.479 e. The zero-order chi connectivity index (χ0) is 44.6. The van der Waals surface area contributed by atoms with Crippen molar-refractivity contribution in [2.24, 2.45) is 5.11 Å². The van der Waals surface area contributed by atoms with E-state index in [1.165, 1.54) is 0 Å². The molecule has 3 aliphatic rings. The Labute approximate surface area is 389 Å². The van der Waals surface area contributed by atoms with Crippen LogP contribution in [0.5, 0.6) is 0 Å². The van der Waals surface area contributed by atoms with Crippen LogP contribution in [0.1, 0.15) is 41.0 Å². The van der Waals surface area contributed by atoms with Gasteiger partial charge in [-0.25, -0.2) is 0 Å². The average Bonchev–Trinajstić information content (AvgIpc) is 3.35. The highest BCUT2D eigenvalue weighted by atomic mass is 32.2. The van der Waals surface area contributed by atoms with Gasteiger partial charge in [0.1, 0.15) is 54.2 Å². The summed E-state index contributed by atoms with van der Waals surface area (Å²) in [5.74, 6) is 0. The molecule has 3 heterocycles.